The lowest BCUT2D eigenvalue weighted by atomic mass is 9.82. The van der Waals surface area contributed by atoms with E-state index in [0.717, 1.165) is 0 Å². The molecule has 9 heteroatoms. The minimum absolute atomic E-state index is 0.0853. The van der Waals surface area contributed by atoms with Crippen LogP contribution in [0.4, 0.5) is 17.2 Å². The number of rotatable bonds is 3. The van der Waals surface area contributed by atoms with Crippen molar-refractivity contribution in [1.82, 2.24) is 9.97 Å². The minimum atomic E-state index is -0.638. The van der Waals surface area contributed by atoms with Crippen LogP contribution in [-0.4, -0.2) is 22.0 Å². The van der Waals surface area contributed by atoms with E-state index in [9.17, 15) is 19.7 Å². The maximum atomic E-state index is 12.6. The number of aromatic amines is 2. The number of nitro groups is 1. The van der Waals surface area contributed by atoms with E-state index in [0.29, 0.717) is 22.6 Å². The Labute approximate surface area is 151 Å². The number of H-pyrrole nitrogens is 2. The van der Waals surface area contributed by atoms with Gasteiger partial charge in [0.1, 0.15) is 11.6 Å². The highest BCUT2D eigenvalue weighted by Gasteiger charge is 2.31. The molecule has 2 heterocycles. The van der Waals surface area contributed by atoms with Gasteiger partial charge in [-0.3, -0.25) is 24.9 Å². The average molecular weight is 366 g/mol. The highest BCUT2D eigenvalue weighted by molar-refractivity contribution is 5.74. The molecule has 1 unspecified atom stereocenters. The summed E-state index contributed by atoms with van der Waals surface area (Å²) in [5, 5.41) is 14.2. The molecule has 0 fully saturated rings. The lowest BCUT2D eigenvalue weighted by Crippen LogP contribution is -2.31. The number of ether oxygens (including phenoxy) is 1. The van der Waals surface area contributed by atoms with Crippen molar-refractivity contribution in [2.45, 2.75) is 5.92 Å². The zero-order valence-corrected chi connectivity index (χ0v) is 14.1. The number of nitrogens with one attached hydrogen (secondary N) is 3. The number of anilines is 2. The Kier molecular flexibility index (Phi) is 3.76. The average Bonchev–Trinajstić information content (AvgIpc) is 2.65. The lowest BCUT2D eigenvalue weighted by Gasteiger charge is -2.28. The second-order valence-electron chi connectivity index (χ2n) is 6.06. The first-order valence-electron chi connectivity index (χ1n) is 8.03. The zero-order chi connectivity index (χ0) is 19.1. The molecule has 3 aromatic rings. The summed E-state index contributed by atoms with van der Waals surface area (Å²) in [4.78, 5) is 39.8. The maximum Gasteiger partial charge on any atom is 0.327 e. The van der Waals surface area contributed by atoms with Crippen LogP contribution in [0.5, 0.6) is 5.75 Å². The Morgan fingerprint density at radius 1 is 1.11 bits per heavy atom. The van der Waals surface area contributed by atoms with Gasteiger partial charge in [0, 0.05) is 23.7 Å². The summed E-state index contributed by atoms with van der Waals surface area (Å²) in [6.07, 6.45) is 0. The van der Waals surface area contributed by atoms with Crippen LogP contribution in [0.3, 0.4) is 0 Å². The normalized spacial score (nSPS) is 14.6. The van der Waals surface area contributed by atoms with Crippen molar-refractivity contribution in [3.63, 3.8) is 0 Å². The number of benzene rings is 2. The number of non-ortho nitro benzene ring substituents is 1. The van der Waals surface area contributed by atoms with E-state index in [1.165, 1.54) is 19.2 Å². The van der Waals surface area contributed by atoms with Gasteiger partial charge in [0.05, 0.1) is 17.6 Å². The van der Waals surface area contributed by atoms with Gasteiger partial charge in [-0.25, -0.2) is 4.79 Å². The van der Waals surface area contributed by atoms with Crippen molar-refractivity contribution >= 4 is 17.2 Å². The second-order valence-corrected chi connectivity index (χ2v) is 6.06. The van der Waals surface area contributed by atoms with Crippen LogP contribution < -0.4 is 21.3 Å². The third kappa shape index (κ3) is 2.74. The van der Waals surface area contributed by atoms with Crippen LogP contribution in [0.1, 0.15) is 22.6 Å². The minimum Gasteiger partial charge on any atom is -0.497 e. The summed E-state index contributed by atoms with van der Waals surface area (Å²) in [5.74, 6) is 0.222. The summed E-state index contributed by atoms with van der Waals surface area (Å²) in [6.45, 7) is 0. The Morgan fingerprint density at radius 3 is 2.67 bits per heavy atom. The van der Waals surface area contributed by atoms with Gasteiger partial charge in [-0.15, -0.1) is 0 Å². The van der Waals surface area contributed by atoms with Crippen LogP contribution in [0.2, 0.25) is 0 Å². The topological polar surface area (TPSA) is 130 Å². The zero-order valence-electron chi connectivity index (χ0n) is 14.1. The SMILES string of the molecule is COc1ccc2c(c1)C(c1cccc([N+](=O)[O-])c1)c1c([nH]c(=O)[nH]c1=O)N2. The molecule has 0 saturated heterocycles. The van der Waals surface area contributed by atoms with Gasteiger partial charge < -0.3 is 10.1 Å². The number of fused-ring (bicyclic) bond motifs is 2. The molecule has 1 aliphatic heterocycles. The lowest BCUT2D eigenvalue weighted by molar-refractivity contribution is -0.384. The van der Waals surface area contributed by atoms with Crippen LogP contribution in [0, 0.1) is 10.1 Å². The van der Waals surface area contributed by atoms with Crippen molar-refractivity contribution in [2.75, 3.05) is 12.4 Å². The molecule has 0 bridgehead atoms. The summed E-state index contributed by atoms with van der Waals surface area (Å²) in [5.41, 5.74) is 0.918. The van der Waals surface area contributed by atoms with Crippen LogP contribution in [0.25, 0.3) is 0 Å². The smallest absolute Gasteiger partial charge is 0.327 e. The molecule has 0 aliphatic carbocycles. The number of nitrogens with zero attached hydrogens (tertiary/aromatic N) is 1. The van der Waals surface area contributed by atoms with E-state index < -0.39 is 22.1 Å². The van der Waals surface area contributed by atoms with Crippen molar-refractivity contribution in [1.29, 1.82) is 0 Å². The number of aromatic nitrogens is 2. The van der Waals surface area contributed by atoms with E-state index >= 15 is 0 Å². The fourth-order valence-electron chi connectivity index (χ4n) is 3.34. The van der Waals surface area contributed by atoms with E-state index in [2.05, 4.69) is 15.3 Å². The van der Waals surface area contributed by atoms with Crippen LogP contribution >= 0.6 is 0 Å². The molecule has 0 spiro atoms. The fourth-order valence-corrected chi connectivity index (χ4v) is 3.34. The van der Waals surface area contributed by atoms with Gasteiger partial charge in [0.2, 0.25) is 0 Å². The Bertz CT molecular complexity index is 1180. The predicted octanol–water partition coefficient (Wildman–Crippen LogP) is 2.22. The third-order valence-electron chi connectivity index (χ3n) is 4.51. The molecule has 4 rings (SSSR count). The van der Waals surface area contributed by atoms with Crippen LogP contribution in [-0.2, 0) is 0 Å². The van der Waals surface area contributed by atoms with Crippen LogP contribution in [0.15, 0.2) is 52.1 Å². The molecule has 2 aromatic carbocycles. The van der Waals surface area contributed by atoms with Crippen molar-refractivity contribution in [3.05, 3.63) is 90.1 Å². The van der Waals surface area contributed by atoms with Crippen molar-refractivity contribution in [2.24, 2.45) is 0 Å². The number of hydrogen-bond acceptors (Lipinski definition) is 6. The summed E-state index contributed by atoms with van der Waals surface area (Å²) >= 11 is 0. The molecule has 1 atom stereocenters. The van der Waals surface area contributed by atoms with E-state index in [1.807, 2.05) is 0 Å². The van der Waals surface area contributed by atoms with Gasteiger partial charge in [0.25, 0.3) is 11.2 Å². The molecule has 0 amide bonds. The maximum absolute atomic E-state index is 12.6. The number of hydrogen-bond donors (Lipinski definition) is 3. The monoisotopic (exact) mass is 366 g/mol. The molecule has 3 N–H and O–H groups in total. The summed E-state index contributed by atoms with van der Waals surface area (Å²) in [7, 11) is 1.53. The molecule has 136 valence electrons. The first kappa shape index (κ1) is 16.6. The predicted molar refractivity (Wildman–Crippen MR) is 98.0 cm³/mol. The second kappa shape index (κ2) is 6.13. The standard InChI is InChI=1S/C18H14N4O5/c1-27-11-5-6-13-12(8-11)14(9-3-2-4-10(7-9)22(25)26)15-16(19-13)20-18(24)21-17(15)23/h2-8,14H,1H3,(H3,19,20,21,23,24). The van der Waals surface area contributed by atoms with E-state index in [4.69, 9.17) is 4.74 Å². The molecular weight excluding hydrogens is 352 g/mol. The summed E-state index contributed by atoms with van der Waals surface area (Å²) < 4.78 is 5.28. The highest BCUT2D eigenvalue weighted by atomic mass is 16.6. The van der Waals surface area contributed by atoms with Gasteiger partial charge >= 0.3 is 5.69 Å². The Balaban J connectivity index is 2.03. The Morgan fingerprint density at radius 2 is 1.93 bits per heavy atom. The van der Waals surface area contributed by atoms with Gasteiger partial charge in [0.15, 0.2) is 0 Å². The van der Waals surface area contributed by atoms with Crippen molar-refractivity contribution in [3.8, 4) is 5.75 Å². The molecular formula is C18H14N4O5. The largest absolute Gasteiger partial charge is 0.497 e. The molecule has 9 nitrogen and oxygen atoms in total. The Hall–Kier alpha value is -3.88. The highest BCUT2D eigenvalue weighted by Crippen LogP contribution is 2.43. The molecule has 1 aliphatic rings. The summed E-state index contributed by atoms with van der Waals surface area (Å²) in [6, 6.07) is 11.4. The molecule has 27 heavy (non-hydrogen) atoms. The van der Waals surface area contributed by atoms with Crippen molar-refractivity contribution < 1.29 is 9.66 Å². The quantitative estimate of drug-likeness (QED) is 0.376. The fraction of sp³-hybridized carbons (Fsp3) is 0.111. The number of nitro benzene ring substituents is 1. The van der Waals surface area contributed by atoms with E-state index in [1.54, 1.807) is 30.3 Å². The third-order valence-corrected chi connectivity index (χ3v) is 4.51. The molecule has 0 radical (unpaired) electrons. The van der Waals surface area contributed by atoms with Gasteiger partial charge in [-0.2, -0.15) is 0 Å². The van der Waals surface area contributed by atoms with Gasteiger partial charge in [-0.1, -0.05) is 12.1 Å². The number of methoxy groups -OCH3 is 1. The molecule has 0 saturated carbocycles. The first-order chi connectivity index (χ1) is 13.0. The van der Waals surface area contributed by atoms with E-state index in [-0.39, 0.29) is 17.1 Å². The molecule has 1 aromatic heterocycles. The van der Waals surface area contributed by atoms with Gasteiger partial charge in [-0.05, 0) is 29.3 Å². The first-order valence-corrected chi connectivity index (χ1v) is 8.03.